The van der Waals surface area contributed by atoms with Crippen LogP contribution in [0.25, 0.3) is 5.57 Å². The van der Waals surface area contributed by atoms with E-state index in [1.165, 1.54) is 0 Å². The van der Waals surface area contributed by atoms with Crippen LogP contribution in [0, 0.1) is 0 Å². The first-order chi connectivity index (χ1) is 12.1. The molecule has 3 rings (SSSR count). The predicted octanol–water partition coefficient (Wildman–Crippen LogP) is 3.06. The predicted molar refractivity (Wildman–Crippen MR) is 92.3 cm³/mol. The summed E-state index contributed by atoms with van der Waals surface area (Å²) >= 11 is 0. The molecule has 2 aliphatic rings. The van der Waals surface area contributed by atoms with Gasteiger partial charge in [-0.15, -0.1) is 0 Å². The second kappa shape index (κ2) is 6.46. The van der Waals surface area contributed by atoms with Crippen molar-refractivity contribution in [3.63, 3.8) is 0 Å². The number of carbonyl (C=O) groups is 1. The van der Waals surface area contributed by atoms with E-state index in [2.05, 4.69) is 11.8 Å². The van der Waals surface area contributed by atoms with Crippen molar-refractivity contribution in [2.45, 2.75) is 31.2 Å². The zero-order valence-electron chi connectivity index (χ0n) is 14.6. The van der Waals surface area contributed by atoms with Crippen molar-refractivity contribution < 1.29 is 23.1 Å². The van der Waals surface area contributed by atoms with Gasteiger partial charge in [0.05, 0.1) is 12.6 Å². The molecule has 7 heteroatoms. The molecular weight excluding hydrogens is 345 g/mol. The molecule has 140 valence electrons. The van der Waals surface area contributed by atoms with E-state index in [-0.39, 0.29) is 12.6 Å². The third-order valence-electron chi connectivity index (χ3n) is 5.19. The topological polar surface area (TPSA) is 43.8 Å². The number of likely N-dealkylation sites (N-methyl/N-ethyl adjacent to an activating group) is 1. The Labute approximate surface area is 150 Å². The number of hydrogen-bond donors (Lipinski definition) is 1. The lowest BCUT2D eigenvalue weighted by Crippen LogP contribution is -2.48. The van der Waals surface area contributed by atoms with Crippen LogP contribution in [0.4, 0.5) is 13.2 Å². The highest BCUT2D eigenvalue weighted by molar-refractivity contribution is 5.95. The van der Waals surface area contributed by atoms with E-state index in [0.717, 1.165) is 16.0 Å². The van der Waals surface area contributed by atoms with Gasteiger partial charge in [0.25, 0.3) is 5.91 Å². The van der Waals surface area contributed by atoms with Gasteiger partial charge in [-0.2, -0.15) is 13.2 Å². The zero-order chi connectivity index (χ0) is 19.1. The molecule has 0 spiro atoms. The first kappa shape index (κ1) is 18.5. The molecule has 0 aromatic heterocycles. The van der Waals surface area contributed by atoms with E-state index in [9.17, 15) is 23.1 Å². The van der Waals surface area contributed by atoms with Gasteiger partial charge in [-0.25, -0.2) is 0 Å². The summed E-state index contributed by atoms with van der Waals surface area (Å²) in [6.45, 7) is 1.22. The summed E-state index contributed by atoms with van der Waals surface area (Å²) in [5.41, 5.74) is -0.449. The summed E-state index contributed by atoms with van der Waals surface area (Å²) in [4.78, 5) is 15.6. The highest BCUT2D eigenvalue weighted by atomic mass is 19.4. The van der Waals surface area contributed by atoms with Gasteiger partial charge in [0.15, 0.2) is 5.60 Å². The summed E-state index contributed by atoms with van der Waals surface area (Å²) < 4.78 is 38.7. The van der Waals surface area contributed by atoms with Crippen LogP contribution in [0.15, 0.2) is 42.6 Å². The van der Waals surface area contributed by atoms with Gasteiger partial charge >= 0.3 is 6.18 Å². The molecule has 1 fully saturated rings. The maximum Gasteiger partial charge on any atom is 0.419 e. The molecule has 1 saturated heterocycles. The van der Waals surface area contributed by atoms with Gasteiger partial charge in [-0.1, -0.05) is 18.2 Å². The van der Waals surface area contributed by atoms with Gasteiger partial charge in [0.1, 0.15) is 0 Å². The Morgan fingerprint density at radius 3 is 2.50 bits per heavy atom. The van der Waals surface area contributed by atoms with Gasteiger partial charge in [-0.05, 0) is 42.5 Å². The number of halogens is 3. The fourth-order valence-corrected chi connectivity index (χ4v) is 3.29. The van der Waals surface area contributed by atoms with Gasteiger partial charge in [0, 0.05) is 25.6 Å². The fraction of sp³-hybridized carbons (Fsp3) is 0.421. The van der Waals surface area contributed by atoms with Crippen molar-refractivity contribution in [1.29, 1.82) is 0 Å². The molecule has 4 nitrogen and oxygen atoms in total. The molecular formula is C19H21F3N2O2. The molecule has 0 bridgehead atoms. The zero-order valence-corrected chi connectivity index (χ0v) is 14.6. The molecule has 26 heavy (non-hydrogen) atoms. The summed E-state index contributed by atoms with van der Waals surface area (Å²) in [6.07, 6.45) is 0.682. The van der Waals surface area contributed by atoms with Crippen LogP contribution >= 0.6 is 0 Å². The Morgan fingerprint density at radius 1 is 1.27 bits per heavy atom. The van der Waals surface area contributed by atoms with Crippen molar-refractivity contribution in [2.75, 3.05) is 20.1 Å². The van der Waals surface area contributed by atoms with Crippen LogP contribution in [0.5, 0.6) is 0 Å². The molecule has 1 aromatic rings. The number of rotatable bonds is 2. The molecule has 0 aliphatic carbocycles. The molecule has 2 aliphatic heterocycles. The lowest BCUT2D eigenvalue weighted by Gasteiger charge is -2.28. The molecule has 2 unspecified atom stereocenters. The van der Waals surface area contributed by atoms with Gasteiger partial charge in [0.2, 0.25) is 0 Å². The molecule has 1 amide bonds. The van der Waals surface area contributed by atoms with Gasteiger partial charge < -0.3 is 14.9 Å². The van der Waals surface area contributed by atoms with E-state index in [4.69, 9.17) is 0 Å². The second-order valence-corrected chi connectivity index (χ2v) is 6.89. The number of nitrogens with zero attached hydrogens (tertiary/aromatic N) is 2. The summed E-state index contributed by atoms with van der Waals surface area (Å²) in [7, 11) is 1.97. The SMILES string of the molecule is CC1C(c2ccc(C(=O)N3CCC(O)(C(F)(F)F)C3)cc2)=CC=CN1C. The monoisotopic (exact) mass is 366 g/mol. The lowest BCUT2D eigenvalue weighted by atomic mass is 9.95. The lowest BCUT2D eigenvalue weighted by molar-refractivity contribution is -0.253. The number of likely N-dealkylation sites (tertiary alicyclic amines) is 1. The third kappa shape index (κ3) is 3.23. The molecule has 2 atom stereocenters. The smallest absolute Gasteiger partial charge is 0.379 e. The fourth-order valence-electron chi connectivity index (χ4n) is 3.29. The Morgan fingerprint density at radius 2 is 1.92 bits per heavy atom. The number of amides is 1. The largest absolute Gasteiger partial charge is 0.419 e. The van der Waals surface area contributed by atoms with Crippen LogP contribution in [0.2, 0.25) is 0 Å². The van der Waals surface area contributed by atoms with Gasteiger partial charge in [-0.3, -0.25) is 4.79 Å². The Balaban J connectivity index is 1.75. The maximum absolute atomic E-state index is 12.9. The number of aliphatic hydroxyl groups is 1. The van der Waals surface area contributed by atoms with E-state index in [1.807, 2.05) is 25.4 Å². The standard InChI is InChI=1S/C19H21F3N2O2/c1-13-16(4-3-10-23(13)2)14-5-7-15(8-6-14)17(25)24-11-9-18(26,12-24)19(20,21)22/h3-8,10,13,26H,9,11-12H2,1-2H3. The minimum absolute atomic E-state index is 0.117. The van der Waals surface area contributed by atoms with Crippen molar-refractivity contribution in [1.82, 2.24) is 9.80 Å². The van der Waals surface area contributed by atoms with E-state index in [0.29, 0.717) is 5.56 Å². The average molecular weight is 366 g/mol. The highest BCUT2D eigenvalue weighted by Gasteiger charge is 2.57. The number of carbonyl (C=O) groups excluding carboxylic acids is 1. The minimum atomic E-state index is -4.74. The van der Waals surface area contributed by atoms with Crippen molar-refractivity contribution in [2.24, 2.45) is 0 Å². The maximum atomic E-state index is 12.9. The first-order valence-electron chi connectivity index (χ1n) is 8.41. The molecule has 1 aromatic carbocycles. The van der Waals surface area contributed by atoms with Crippen LogP contribution in [-0.4, -0.2) is 58.8 Å². The van der Waals surface area contributed by atoms with E-state index in [1.54, 1.807) is 24.3 Å². The number of benzene rings is 1. The van der Waals surface area contributed by atoms with E-state index < -0.39 is 30.7 Å². The van der Waals surface area contributed by atoms with Crippen molar-refractivity contribution >= 4 is 11.5 Å². The Kier molecular flexibility index (Phi) is 4.60. The van der Waals surface area contributed by atoms with E-state index >= 15 is 0 Å². The quantitative estimate of drug-likeness (QED) is 0.875. The number of β-amino-alcohol motifs (C(OH)–C–C–N with tert-alkyl or cyclic N) is 1. The van der Waals surface area contributed by atoms with Crippen LogP contribution < -0.4 is 0 Å². The molecule has 0 saturated carbocycles. The minimum Gasteiger partial charge on any atom is -0.379 e. The van der Waals surface area contributed by atoms with Crippen LogP contribution in [0.1, 0.15) is 29.3 Å². The first-order valence-corrected chi connectivity index (χ1v) is 8.41. The molecule has 1 N–H and O–H groups in total. The van der Waals surface area contributed by atoms with Crippen molar-refractivity contribution in [3.8, 4) is 0 Å². The highest BCUT2D eigenvalue weighted by Crippen LogP contribution is 2.38. The average Bonchev–Trinajstić information content (AvgIpc) is 3.00. The summed E-state index contributed by atoms with van der Waals surface area (Å²) in [5, 5.41) is 9.72. The second-order valence-electron chi connectivity index (χ2n) is 6.89. The Bertz CT molecular complexity index is 755. The molecule has 2 heterocycles. The normalized spacial score (nSPS) is 26.2. The third-order valence-corrected chi connectivity index (χ3v) is 5.19. The summed E-state index contributed by atoms with van der Waals surface area (Å²) in [5.74, 6) is -0.501. The number of hydrogen-bond acceptors (Lipinski definition) is 3. The van der Waals surface area contributed by atoms with Crippen LogP contribution in [-0.2, 0) is 0 Å². The Hall–Kier alpha value is -2.28. The van der Waals surface area contributed by atoms with Crippen LogP contribution in [0.3, 0.4) is 0 Å². The summed E-state index contributed by atoms with van der Waals surface area (Å²) in [6, 6.07) is 7.02. The molecule has 0 radical (unpaired) electrons. The van der Waals surface area contributed by atoms with Crippen molar-refractivity contribution in [3.05, 3.63) is 53.7 Å². The number of alkyl halides is 3. The number of allylic oxidation sites excluding steroid dienone is 2.